The maximum absolute atomic E-state index is 13.2. The molecule has 0 aromatic heterocycles. The van der Waals surface area contributed by atoms with Gasteiger partial charge in [0, 0.05) is 16.7 Å². The van der Waals surface area contributed by atoms with Crippen LogP contribution in [0.3, 0.4) is 0 Å². The Labute approximate surface area is 130 Å². The van der Waals surface area contributed by atoms with E-state index in [1.165, 1.54) is 31.4 Å². The third-order valence-electron chi connectivity index (χ3n) is 2.81. The van der Waals surface area contributed by atoms with Crippen molar-refractivity contribution < 1.29 is 13.5 Å². The smallest absolute Gasteiger partial charge is 0.264 e. The van der Waals surface area contributed by atoms with Gasteiger partial charge in [-0.3, -0.25) is 0 Å². The molecule has 0 saturated heterocycles. The molecule has 20 heavy (non-hydrogen) atoms. The number of ether oxygens (including phenoxy) is 1. The molecule has 1 nitrogen and oxygen atoms in total. The van der Waals surface area contributed by atoms with E-state index in [1.54, 1.807) is 6.07 Å². The molecular formula is C14H9Cl3F2O. The molecule has 0 atom stereocenters. The first kappa shape index (κ1) is 15.4. The third kappa shape index (κ3) is 2.71. The summed E-state index contributed by atoms with van der Waals surface area (Å²) in [5.74, 6) is 0.258. The number of alkyl halides is 2. The predicted molar refractivity (Wildman–Crippen MR) is 78.4 cm³/mol. The van der Waals surface area contributed by atoms with Crippen LogP contribution in [0.4, 0.5) is 8.78 Å². The van der Waals surface area contributed by atoms with Gasteiger partial charge in [-0.25, -0.2) is 8.78 Å². The van der Waals surface area contributed by atoms with Gasteiger partial charge in [-0.05, 0) is 18.2 Å². The lowest BCUT2D eigenvalue weighted by molar-refractivity contribution is 0.151. The predicted octanol–water partition coefficient (Wildman–Crippen LogP) is 6.26. The summed E-state index contributed by atoms with van der Waals surface area (Å²) in [5, 5.41) is 0.577. The molecule has 0 N–H and O–H groups in total. The summed E-state index contributed by atoms with van der Waals surface area (Å²) in [5.41, 5.74) is 0.187. The van der Waals surface area contributed by atoms with E-state index in [0.29, 0.717) is 0 Å². The van der Waals surface area contributed by atoms with Gasteiger partial charge in [0.1, 0.15) is 5.75 Å². The van der Waals surface area contributed by atoms with Gasteiger partial charge < -0.3 is 4.74 Å². The van der Waals surface area contributed by atoms with Crippen molar-refractivity contribution in [3.63, 3.8) is 0 Å². The molecule has 0 aliphatic heterocycles. The van der Waals surface area contributed by atoms with E-state index >= 15 is 0 Å². The average molecular weight is 338 g/mol. The minimum Gasteiger partial charge on any atom is -0.496 e. The number of benzene rings is 2. The zero-order valence-electron chi connectivity index (χ0n) is 10.3. The number of hydrogen-bond acceptors (Lipinski definition) is 1. The molecule has 0 spiro atoms. The maximum atomic E-state index is 13.2. The largest absolute Gasteiger partial charge is 0.496 e. The maximum Gasteiger partial charge on any atom is 0.264 e. The molecule has 0 heterocycles. The van der Waals surface area contributed by atoms with Crippen molar-refractivity contribution >= 4 is 34.8 Å². The lowest BCUT2D eigenvalue weighted by atomic mass is 9.98. The number of halogens is 5. The van der Waals surface area contributed by atoms with E-state index < -0.39 is 6.43 Å². The SMILES string of the molecule is COc1cccc(C(F)F)c1-c1c(Cl)ccc(Cl)c1Cl. The second-order valence-corrected chi connectivity index (χ2v) is 5.14. The van der Waals surface area contributed by atoms with Crippen LogP contribution in [0.2, 0.25) is 15.1 Å². The van der Waals surface area contributed by atoms with Crippen molar-refractivity contribution in [3.8, 4) is 16.9 Å². The van der Waals surface area contributed by atoms with Gasteiger partial charge in [-0.15, -0.1) is 0 Å². The van der Waals surface area contributed by atoms with E-state index in [4.69, 9.17) is 39.5 Å². The Hall–Kier alpha value is -1.03. The zero-order valence-corrected chi connectivity index (χ0v) is 12.5. The van der Waals surface area contributed by atoms with Crippen LogP contribution in [-0.2, 0) is 0 Å². The Bertz CT molecular complexity index is 645. The standard InChI is InChI=1S/C14H9Cl3F2O/c1-20-10-4-2-3-7(14(18)19)11(10)12-8(15)5-6-9(16)13(12)17/h2-6,14H,1H3. The molecule has 0 amide bonds. The molecule has 2 aromatic carbocycles. The highest BCUT2D eigenvalue weighted by Gasteiger charge is 2.23. The van der Waals surface area contributed by atoms with Crippen LogP contribution >= 0.6 is 34.8 Å². The molecule has 6 heteroatoms. The van der Waals surface area contributed by atoms with E-state index in [0.717, 1.165) is 0 Å². The fraction of sp³-hybridized carbons (Fsp3) is 0.143. The topological polar surface area (TPSA) is 9.23 Å². The second kappa shape index (κ2) is 6.17. The Morgan fingerprint density at radius 1 is 0.950 bits per heavy atom. The fourth-order valence-corrected chi connectivity index (χ4v) is 2.64. The van der Waals surface area contributed by atoms with Gasteiger partial charge >= 0.3 is 0 Å². The first-order valence-electron chi connectivity index (χ1n) is 5.56. The number of methoxy groups -OCH3 is 1. The lowest BCUT2D eigenvalue weighted by Gasteiger charge is -2.16. The lowest BCUT2D eigenvalue weighted by Crippen LogP contribution is -1.96. The molecule has 106 valence electrons. The summed E-state index contributed by atoms with van der Waals surface area (Å²) in [7, 11) is 1.39. The normalized spacial score (nSPS) is 10.9. The molecule has 0 aliphatic rings. The molecular weight excluding hydrogens is 329 g/mol. The van der Waals surface area contributed by atoms with Crippen molar-refractivity contribution in [1.29, 1.82) is 0 Å². The summed E-state index contributed by atoms with van der Waals surface area (Å²) in [4.78, 5) is 0. The fourth-order valence-electron chi connectivity index (χ4n) is 1.92. The van der Waals surface area contributed by atoms with Crippen molar-refractivity contribution in [3.05, 3.63) is 51.0 Å². The van der Waals surface area contributed by atoms with Crippen LogP contribution in [0.15, 0.2) is 30.3 Å². The molecule has 0 saturated carbocycles. The molecule has 0 aliphatic carbocycles. The van der Waals surface area contributed by atoms with Gasteiger partial charge in [0.2, 0.25) is 0 Å². The first-order chi connectivity index (χ1) is 9.47. The van der Waals surface area contributed by atoms with Crippen molar-refractivity contribution in [2.24, 2.45) is 0 Å². The number of hydrogen-bond donors (Lipinski definition) is 0. The van der Waals surface area contributed by atoms with Crippen LogP contribution < -0.4 is 4.74 Å². The van der Waals surface area contributed by atoms with Crippen molar-refractivity contribution in [2.45, 2.75) is 6.43 Å². The second-order valence-electron chi connectivity index (χ2n) is 3.94. The number of rotatable bonds is 3. The Morgan fingerprint density at radius 2 is 1.60 bits per heavy atom. The van der Waals surface area contributed by atoms with Crippen LogP contribution in [0.1, 0.15) is 12.0 Å². The summed E-state index contributed by atoms with van der Waals surface area (Å²) in [6.45, 7) is 0. The van der Waals surface area contributed by atoms with Crippen molar-refractivity contribution in [2.75, 3.05) is 7.11 Å². The quantitative estimate of drug-likeness (QED) is 0.601. The highest BCUT2D eigenvalue weighted by Crippen LogP contribution is 2.46. The monoisotopic (exact) mass is 336 g/mol. The Balaban J connectivity index is 2.85. The van der Waals surface area contributed by atoms with Crippen LogP contribution in [0, 0.1) is 0 Å². The zero-order chi connectivity index (χ0) is 14.9. The van der Waals surface area contributed by atoms with Gasteiger partial charge in [0.25, 0.3) is 6.43 Å². The molecule has 2 aromatic rings. The van der Waals surface area contributed by atoms with Gasteiger partial charge in [-0.1, -0.05) is 46.9 Å². The molecule has 0 unspecified atom stereocenters. The third-order valence-corrected chi connectivity index (χ3v) is 3.93. The first-order valence-corrected chi connectivity index (χ1v) is 6.69. The van der Waals surface area contributed by atoms with Crippen LogP contribution in [0.25, 0.3) is 11.1 Å². The molecule has 0 radical (unpaired) electrons. The van der Waals surface area contributed by atoms with Gasteiger partial charge in [-0.2, -0.15) is 0 Å². The van der Waals surface area contributed by atoms with Crippen molar-refractivity contribution in [1.82, 2.24) is 0 Å². The Morgan fingerprint density at radius 3 is 2.20 bits per heavy atom. The van der Waals surface area contributed by atoms with Crippen LogP contribution in [-0.4, -0.2) is 7.11 Å². The van der Waals surface area contributed by atoms with E-state index in [1.807, 2.05) is 0 Å². The van der Waals surface area contributed by atoms with Gasteiger partial charge in [0.05, 0.1) is 22.2 Å². The molecule has 0 bridgehead atoms. The summed E-state index contributed by atoms with van der Waals surface area (Å²) in [6.07, 6.45) is -2.69. The van der Waals surface area contributed by atoms with E-state index in [-0.39, 0.29) is 37.5 Å². The highest BCUT2D eigenvalue weighted by molar-refractivity contribution is 6.46. The van der Waals surface area contributed by atoms with E-state index in [9.17, 15) is 8.78 Å². The minimum atomic E-state index is -2.69. The average Bonchev–Trinajstić information content (AvgIpc) is 2.43. The highest BCUT2D eigenvalue weighted by atomic mass is 35.5. The Kier molecular flexibility index (Phi) is 4.74. The summed E-state index contributed by atoms with van der Waals surface area (Å²) >= 11 is 18.2. The molecule has 0 fully saturated rings. The summed E-state index contributed by atoms with van der Waals surface area (Å²) in [6, 6.07) is 7.36. The summed E-state index contributed by atoms with van der Waals surface area (Å²) < 4.78 is 31.6. The molecule has 2 rings (SSSR count). The van der Waals surface area contributed by atoms with E-state index in [2.05, 4.69) is 0 Å². The van der Waals surface area contributed by atoms with Crippen LogP contribution in [0.5, 0.6) is 5.75 Å². The van der Waals surface area contributed by atoms with Gasteiger partial charge in [0.15, 0.2) is 0 Å². The minimum absolute atomic E-state index is 0.116.